The number of hydrogen-bond acceptors (Lipinski definition) is 15. The Hall–Kier alpha value is -1.94. The number of phosphoric ester groups is 2. The van der Waals surface area contributed by atoms with E-state index in [0.717, 1.165) is 102 Å². The maximum absolute atomic E-state index is 13.1. The minimum Gasteiger partial charge on any atom is -0.462 e. The van der Waals surface area contributed by atoms with Crippen molar-refractivity contribution in [3.05, 3.63) is 0 Å². The Balaban J connectivity index is 5.22. The van der Waals surface area contributed by atoms with Gasteiger partial charge in [0.2, 0.25) is 0 Å². The van der Waals surface area contributed by atoms with E-state index >= 15 is 0 Å². The Bertz CT molecular complexity index is 1860. The first-order valence-corrected chi connectivity index (χ1v) is 43.0. The summed E-state index contributed by atoms with van der Waals surface area (Å²) in [6, 6.07) is 0. The molecule has 3 N–H and O–H groups in total. The van der Waals surface area contributed by atoms with Gasteiger partial charge in [-0.2, -0.15) is 0 Å². The van der Waals surface area contributed by atoms with Crippen molar-refractivity contribution >= 4 is 39.5 Å². The monoisotopic (exact) mass is 1410 g/mol. The predicted molar refractivity (Wildman–Crippen MR) is 391 cm³/mol. The first kappa shape index (κ1) is 94.1. The number of carbonyl (C=O) groups excluding carboxylic acids is 4. The van der Waals surface area contributed by atoms with Crippen LogP contribution in [-0.2, 0) is 65.4 Å². The molecule has 0 saturated heterocycles. The largest absolute Gasteiger partial charge is 0.472 e. The summed E-state index contributed by atoms with van der Waals surface area (Å²) in [5.41, 5.74) is 0. The molecule has 0 spiro atoms. The van der Waals surface area contributed by atoms with E-state index in [2.05, 4.69) is 41.5 Å². The summed E-state index contributed by atoms with van der Waals surface area (Å²) < 4.78 is 68.5. The summed E-state index contributed by atoms with van der Waals surface area (Å²) in [5, 5.41) is 10.6. The fourth-order valence-electron chi connectivity index (χ4n) is 11.8. The van der Waals surface area contributed by atoms with Gasteiger partial charge in [-0.3, -0.25) is 37.3 Å². The number of rotatable bonds is 76. The summed E-state index contributed by atoms with van der Waals surface area (Å²) >= 11 is 0. The molecule has 0 amide bonds. The third kappa shape index (κ3) is 69.2. The van der Waals surface area contributed by atoms with E-state index in [0.29, 0.717) is 31.6 Å². The molecule has 0 aromatic heterocycles. The van der Waals surface area contributed by atoms with Gasteiger partial charge in [0.05, 0.1) is 26.4 Å². The molecule has 0 aliphatic rings. The van der Waals surface area contributed by atoms with Gasteiger partial charge < -0.3 is 33.8 Å². The minimum absolute atomic E-state index is 0.104. The highest BCUT2D eigenvalue weighted by Crippen LogP contribution is 2.45. The number of ether oxygens (including phenoxy) is 4. The molecule has 3 unspecified atom stereocenters. The molecule has 96 heavy (non-hydrogen) atoms. The fourth-order valence-corrected chi connectivity index (χ4v) is 13.4. The van der Waals surface area contributed by atoms with Crippen LogP contribution in [0, 0.1) is 11.8 Å². The fraction of sp³-hybridized carbons (Fsp3) is 0.948. The van der Waals surface area contributed by atoms with Gasteiger partial charge in [-0.25, -0.2) is 9.13 Å². The van der Waals surface area contributed by atoms with Gasteiger partial charge in [-0.1, -0.05) is 350 Å². The van der Waals surface area contributed by atoms with Crippen molar-refractivity contribution in [3.63, 3.8) is 0 Å². The standard InChI is InChI=1S/C77H150O17P2/c1-7-10-12-14-16-18-20-22-24-25-26-27-28-29-31-33-35-42-49-55-61-76(81)93-72(65-87-74(79)59-53-47-41-34-32-30-23-21-19-17-15-13-11-8-2)67-91-95(83,84)89-63-71(78)64-90-96(85,86)92-68-73(66-88-75(80)60-54-48-44-38-39-45-51-57-69(4)5)94-77(82)62-56-50-43-37-36-40-46-52-58-70(6)9-3/h69-73,78H,7-68H2,1-6H3,(H,83,84)(H,85,86)/t70?,71-,72-,73-/m1/s1. The second kappa shape index (κ2) is 68.8. The molecule has 0 rings (SSSR count). The van der Waals surface area contributed by atoms with E-state index in [-0.39, 0.29) is 25.7 Å². The summed E-state index contributed by atoms with van der Waals surface area (Å²) in [7, 11) is -9.91. The van der Waals surface area contributed by atoms with E-state index in [1.807, 2.05) is 0 Å². The van der Waals surface area contributed by atoms with Crippen LogP contribution in [0.2, 0.25) is 0 Å². The first-order valence-electron chi connectivity index (χ1n) is 40.0. The Kier molecular flexibility index (Phi) is 67.4. The number of unbranched alkanes of at least 4 members (excludes halogenated alkanes) is 45. The minimum atomic E-state index is -4.96. The smallest absolute Gasteiger partial charge is 0.462 e. The summed E-state index contributed by atoms with van der Waals surface area (Å²) in [5.74, 6) is -0.642. The molecule has 19 heteroatoms. The van der Waals surface area contributed by atoms with Gasteiger partial charge in [0.15, 0.2) is 12.2 Å². The highest BCUT2D eigenvalue weighted by molar-refractivity contribution is 7.47. The molecular weight excluding hydrogens is 1260 g/mol. The van der Waals surface area contributed by atoms with Crippen LogP contribution in [0.15, 0.2) is 0 Å². The third-order valence-corrected chi connectivity index (χ3v) is 20.2. The average Bonchev–Trinajstić information content (AvgIpc) is 3.36. The van der Waals surface area contributed by atoms with E-state index in [1.54, 1.807) is 0 Å². The molecule has 0 bridgehead atoms. The zero-order valence-electron chi connectivity index (χ0n) is 62.7. The van der Waals surface area contributed by atoms with Crippen molar-refractivity contribution in [3.8, 4) is 0 Å². The average molecular weight is 1410 g/mol. The highest BCUT2D eigenvalue weighted by atomic mass is 31.2. The third-order valence-electron chi connectivity index (χ3n) is 18.3. The van der Waals surface area contributed by atoms with Crippen molar-refractivity contribution in [1.82, 2.24) is 0 Å². The molecule has 0 aromatic carbocycles. The Morgan fingerprint density at radius 1 is 0.302 bits per heavy atom. The maximum atomic E-state index is 13.1. The first-order chi connectivity index (χ1) is 46.4. The van der Waals surface area contributed by atoms with Crippen molar-refractivity contribution in [2.24, 2.45) is 11.8 Å². The molecule has 0 radical (unpaired) electrons. The number of phosphoric acid groups is 2. The SMILES string of the molecule is CCCCCCCCCCCCCCCCCCCCCCC(=O)O[C@H](COC(=O)CCCCCCCCCCCCCCCC)COP(=O)(O)OC[C@@H](O)COP(=O)(O)OC[C@@H](COC(=O)CCCCCCCCCC(C)C)OC(=O)CCCCCCCCCCC(C)CC. The summed E-state index contributed by atoms with van der Waals surface area (Å²) in [4.78, 5) is 72.8. The zero-order chi connectivity index (χ0) is 70.7. The number of hydrogen-bond donors (Lipinski definition) is 3. The van der Waals surface area contributed by atoms with Gasteiger partial charge in [0.1, 0.15) is 19.3 Å². The van der Waals surface area contributed by atoms with Gasteiger partial charge in [0.25, 0.3) is 0 Å². The van der Waals surface area contributed by atoms with Crippen molar-refractivity contribution in [1.29, 1.82) is 0 Å². The summed E-state index contributed by atoms with van der Waals surface area (Å²) in [6.07, 6.45) is 57.0. The number of carbonyl (C=O) groups is 4. The van der Waals surface area contributed by atoms with Crippen LogP contribution in [0.5, 0.6) is 0 Å². The van der Waals surface area contributed by atoms with Crippen LogP contribution in [-0.4, -0.2) is 96.7 Å². The lowest BCUT2D eigenvalue weighted by Gasteiger charge is -2.21. The zero-order valence-corrected chi connectivity index (χ0v) is 64.5. The number of aliphatic hydroxyl groups is 1. The molecule has 0 heterocycles. The van der Waals surface area contributed by atoms with Gasteiger partial charge >= 0.3 is 39.5 Å². The molecule has 0 aliphatic heterocycles. The molecule has 570 valence electrons. The van der Waals surface area contributed by atoms with Crippen LogP contribution >= 0.6 is 15.6 Å². The lowest BCUT2D eigenvalue weighted by atomic mass is 9.99. The van der Waals surface area contributed by atoms with Gasteiger partial charge in [0, 0.05) is 25.7 Å². The van der Waals surface area contributed by atoms with Crippen molar-refractivity contribution < 1.29 is 80.2 Å². The molecule has 17 nitrogen and oxygen atoms in total. The number of esters is 4. The molecule has 0 aliphatic carbocycles. The van der Waals surface area contributed by atoms with Crippen LogP contribution < -0.4 is 0 Å². The van der Waals surface area contributed by atoms with Gasteiger partial charge in [-0.15, -0.1) is 0 Å². The predicted octanol–water partition coefficient (Wildman–Crippen LogP) is 22.7. The molecule has 0 aromatic rings. The normalized spacial score (nSPS) is 14.3. The molecule has 0 saturated carbocycles. The summed E-state index contributed by atoms with van der Waals surface area (Å²) in [6.45, 7) is 9.54. The Morgan fingerprint density at radius 2 is 0.531 bits per heavy atom. The van der Waals surface area contributed by atoms with Crippen LogP contribution in [0.1, 0.15) is 401 Å². The lowest BCUT2D eigenvalue weighted by Crippen LogP contribution is -2.30. The highest BCUT2D eigenvalue weighted by Gasteiger charge is 2.30. The van der Waals surface area contributed by atoms with Crippen LogP contribution in [0.25, 0.3) is 0 Å². The number of aliphatic hydroxyl groups excluding tert-OH is 1. The lowest BCUT2D eigenvalue weighted by molar-refractivity contribution is -0.161. The maximum Gasteiger partial charge on any atom is 0.472 e. The van der Waals surface area contributed by atoms with Crippen LogP contribution in [0.3, 0.4) is 0 Å². The second-order valence-electron chi connectivity index (χ2n) is 28.5. The Morgan fingerprint density at radius 3 is 0.792 bits per heavy atom. The molecular formula is C77H150O17P2. The van der Waals surface area contributed by atoms with Crippen LogP contribution in [0.4, 0.5) is 0 Å². The Labute approximate surface area is 588 Å². The second-order valence-corrected chi connectivity index (χ2v) is 31.4. The van der Waals surface area contributed by atoms with Crippen molar-refractivity contribution in [2.45, 2.75) is 419 Å². The van der Waals surface area contributed by atoms with E-state index in [4.69, 9.17) is 37.0 Å². The van der Waals surface area contributed by atoms with Crippen molar-refractivity contribution in [2.75, 3.05) is 39.6 Å². The van der Waals surface area contributed by atoms with Gasteiger partial charge in [-0.05, 0) is 37.5 Å². The van der Waals surface area contributed by atoms with E-state index in [1.165, 1.54) is 212 Å². The topological polar surface area (TPSA) is 237 Å². The quantitative estimate of drug-likeness (QED) is 0.0222. The van der Waals surface area contributed by atoms with E-state index in [9.17, 15) is 43.2 Å². The molecule has 0 fully saturated rings. The van der Waals surface area contributed by atoms with E-state index < -0.39 is 97.5 Å². The molecule has 6 atom stereocenters.